The molecule has 0 spiro atoms. The van der Waals surface area contributed by atoms with Gasteiger partial charge in [-0.25, -0.2) is 0 Å². The number of benzene rings is 1. The van der Waals surface area contributed by atoms with Crippen molar-refractivity contribution in [1.29, 1.82) is 0 Å². The van der Waals surface area contributed by atoms with Crippen LogP contribution in [0.1, 0.15) is 44.2 Å². The van der Waals surface area contributed by atoms with Crippen molar-refractivity contribution in [2.75, 3.05) is 0 Å². The van der Waals surface area contributed by atoms with Crippen molar-refractivity contribution in [2.45, 2.75) is 45.0 Å². The minimum atomic E-state index is -4.66. The second-order valence-electron chi connectivity index (χ2n) is 5.78. The van der Waals surface area contributed by atoms with Crippen molar-refractivity contribution in [2.24, 2.45) is 17.7 Å². The van der Waals surface area contributed by atoms with Crippen molar-refractivity contribution in [1.82, 2.24) is 5.43 Å². The third-order valence-corrected chi connectivity index (χ3v) is 4.18. The van der Waals surface area contributed by atoms with Gasteiger partial charge < -0.3 is 4.74 Å². The minimum Gasteiger partial charge on any atom is -0.406 e. The van der Waals surface area contributed by atoms with Gasteiger partial charge >= 0.3 is 6.36 Å². The highest BCUT2D eigenvalue weighted by atomic mass is 19.4. The van der Waals surface area contributed by atoms with Gasteiger partial charge in [0.15, 0.2) is 0 Å². The van der Waals surface area contributed by atoms with Crippen molar-refractivity contribution in [3.8, 4) is 5.75 Å². The van der Waals surface area contributed by atoms with Crippen molar-refractivity contribution in [3.05, 3.63) is 29.8 Å². The van der Waals surface area contributed by atoms with Crippen LogP contribution in [0.25, 0.3) is 0 Å². The van der Waals surface area contributed by atoms with Crippen molar-refractivity contribution in [3.63, 3.8) is 0 Å². The van der Waals surface area contributed by atoms with Crippen LogP contribution in [0.15, 0.2) is 24.3 Å². The molecular weight excluding hydrogens is 281 g/mol. The Morgan fingerprint density at radius 1 is 1.14 bits per heavy atom. The number of nitrogens with two attached hydrogens (primary N) is 1. The molecule has 0 heterocycles. The van der Waals surface area contributed by atoms with Crippen molar-refractivity contribution < 1.29 is 17.9 Å². The fourth-order valence-corrected chi connectivity index (χ4v) is 3.00. The van der Waals surface area contributed by atoms with Gasteiger partial charge in [-0.3, -0.25) is 11.3 Å². The Hall–Kier alpha value is -1.27. The number of hydrogen-bond acceptors (Lipinski definition) is 3. The lowest BCUT2D eigenvalue weighted by atomic mass is 9.77. The maximum absolute atomic E-state index is 12.1. The van der Waals surface area contributed by atoms with E-state index in [1.807, 2.05) is 0 Å². The Labute approximate surface area is 122 Å². The van der Waals surface area contributed by atoms with Gasteiger partial charge in [0.25, 0.3) is 0 Å². The largest absolute Gasteiger partial charge is 0.573 e. The molecule has 1 fully saturated rings. The molecule has 1 atom stereocenters. The lowest BCUT2D eigenvalue weighted by molar-refractivity contribution is -0.274. The smallest absolute Gasteiger partial charge is 0.406 e. The van der Waals surface area contributed by atoms with Gasteiger partial charge in [0.1, 0.15) is 5.75 Å². The van der Waals surface area contributed by atoms with E-state index in [4.69, 9.17) is 5.84 Å². The Morgan fingerprint density at radius 2 is 1.71 bits per heavy atom. The molecule has 21 heavy (non-hydrogen) atoms. The second-order valence-corrected chi connectivity index (χ2v) is 5.78. The topological polar surface area (TPSA) is 47.3 Å². The molecule has 0 aliphatic heterocycles. The zero-order valence-electron chi connectivity index (χ0n) is 12.0. The monoisotopic (exact) mass is 302 g/mol. The third kappa shape index (κ3) is 4.61. The highest BCUT2D eigenvalue weighted by Gasteiger charge is 2.31. The quantitative estimate of drug-likeness (QED) is 0.654. The molecular formula is C15H21F3N2O. The van der Waals surface area contributed by atoms with Crippen LogP contribution in [0.5, 0.6) is 5.75 Å². The summed E-state index contributed by atoms with van der Waals surface area (Å²) in [5.41, 5.74) is 3.70. The summed E-state index contributed by atoms with van der Waals surface area (Å²) in [7, 11) is 0. The van der Waals surface area contributed by atoms with E-state index in [-0.39, 0.29) is 11.8 Å². The Kier molecular flexibility index (Phi) is 5.11. The molecule has 1 unspecified atom stereocenters. The van der Waals surface area contributed by atoms with Gasteiger partial charge in [0.05, 0.1) is 0 Å². The van der Waals surface area contributed by atoms with Crippen LogP contribution in [-0.4, -0.2) is 6.36 Å². The minimum absolute atomic E-state index is 0.0302. The van der Waals surface area contributed by atoms with E-state index < -0.39 is 6.36 Å². The van der Waals surface area contributed by atoms with Crippen LogP contribution in [0.2, 0.25) is 0 Å². The molecule has 0 amide bonds. The summed E-state index contributed by atoms with van der Waals surface area (Å²) in [5, 5.41) is 0. The first-order valence-electron chi connectivity index (χ1n) is 7.21. The standard InChI is InChI=1S/C15H21F3N2O/c1-10-2-4-11(5-3-10)14(20-19)12-6-8-13(9-7-12)21-15(16,17)18/h6-11,14,20H,2-5,19H2,1H3. The molecule has 2 rings (SSSR count). The van der Waals surface area contributed by atoms with Crippen LogP contribution in [0.4, 0.5) is 13.2 Å². The van der Waals surface area contributed by atoms with Gasteiger partial charge in [-0.2, -0.15) is 0 Å². The molecule has 6 heteroatoms. The maximum Gasteiger partial charge on any atom is 0.573 e. The molecule has 1 saturated carbocycles. The number of rotatable bonds is 4. The summed E-state index contributed by atoms with van der Waals surface area (Å²) >= 11 is 0. The number of nitrogens with one attached hydrogen (secondary N) is 1. The third-order valence-electron chi connectivity index (χ3n) is 4.18. The summed E-state index contributed by atoms with van der Waals surface area (Å²) in [6.07, 6.45) is -0.170. The Morgan fingerprint density at radius 3 is 2.19 bits per heavy atom. The molecule has 3 N–H and O–H groups in total. The van der Waals surface area contributed by atoms with Gasteiger partial charge in [-0.05, 0) is 42.4 Å². The predicted octanol–water partition coefficient (Wildman–Crippen LogP) is 3.92. The molecule has 0 bridgehead atoms. The van der Waals surface area contributed by atoms with E-state index in [2.05, 4.69) is 17.1 Å². The second kappa shape index (κ2) is 6.66. The number of hydrogen-bond donors (Lipinski definition) is 2. The zero-order chi connectivity index (χ0) is 15.5. The highest BCUT2D eigenvalue weighted by molar-refractivity contribution is 5.29. The van der Waals surface area contributed by atoms with Crippen LogP contribution in [0, 0.1) is 11.8 Å². The SMILES string of the molecule is CC1CCC(C(NN)c2ccc(OC(F)(F)F)cc2)CC1. The predicted molar refractivity (Wildman–Crippen MR) is 74.3 cm³/mol. The lowest BCUT2D eigenvalue weighted by Crippen LogP contribution is -2.35. The van der Waals surface area contributed by atoms with Crippen molar-refractivity contribution >= 4 is 0 Å². The summed E-state index contributed by atoms with van der Waals surface area (Å²) in [4.78, 5) is 0. The van der Waals surface area contributed by atoms with Crippen LogP contribution in [0.3, 0.4) is 0 Å². The highest BCUT2D eigenvalue weighted by Crippen LogP contribution is 2.37. The van der Waals surface area contributed by atoms with Crippen LogP contribution < -0.4 is 16.0 Å². The molecule has 1 aliphatic rings. The van der Waals surface area contributed by atoms with E-state index >= 15 is 0 Å². The van der Waals surface area contributed by atoms with Gasteiger partial charge in [-0.15, -0.1) is 13.2 Å². The molecule has 3 nitrogen and oxygen atoms in total. The van der Waals surface area contributed by atoms with E-state index in [0.29, 0.717) is 5.92 Å². The van der Waals surface area contributed by atoms with E-state index in [0.717, 1.165) is 37.2 Å². The zero-order valence-corrected chi connectivity index (χ0v) is 12.0. The molecule has 1 aromatic rings. The summed E-state index contributed by atoms with van der Waals surface area (Å²) in [5.74, 6) is 6.60. The molecule has 0 aromatic heterocycles. The average molecular weight is 302 g/mol. The molecule has 1 aliphatic carbocycles. The van der Waals surface area contributed by atoms with Gasteiger partial charge in [0.2, 0.25) is 0 Å². The fourth-order valence-electron chi connectivity index (χ4n) is 3.00. The Bertz CT molecular complexity index is 439. The molecule has 1 aromatic carbocycles. The summed E-state index contributed by atoms with van der Waals surface area (Å²) < 4.78 is 40.3. The first-order valence-corrected chi connectivity index (χ1v) is 7.21. The Balaban J connectivity index is 2.05. The number of hydrazine groups is 1. The van der Waals surface area contributed by atoms with Crippen LogP contribution >= 0.6 is 0 Å². The number of ether oxygens (including phenoxy) is 1. The molecule has 118 valence electrons. The summed E-state index contributed by atoms with van der Waals surface area (Å²) in [6, 6.07) is 5.92. The number of alkyl halides is 3. The maximum atomic E-state index is 12.1. The van der Waals surface area contributed by atoms with E-state index in [1.54, 1.807) is 12.1 Å². The van der Waals surface area contributed by atoms with Crippen LogP contribution in [-0.2, 0) is 0 Å². The first-order chi connectivity index (χ1) is 9.89. The average Bonchev–Trinajstić information content (AvgIpc) is 2.42. The first kappa shape index (κ1) is 16.1. The molecule has 0 saturated heterocycles. The lowest BCUT2D eigenvalue weighted by Gasteiger charge is -2.32. The van der Waals surface area contributed by atoms with E-state index in [9.17, 15) is 13.2 Å². The van der Waals surface area contributed by atoms with Gasteiger partial charge in [-0.1, -0.05) is 31.9 Å². The normalized spacial score (nSPS) is 24.6. The van der Waals surface area contributed by atoms with E-state index in [1.165, 1.54) is 12.1 Å². The number of halogens is 3. The summed E-state index contributed by atoms with van der Waals surface area (Å²) in [6.45, 7) is 2.24. The fraction of sp³-hybridized carbons (Fsp3) is 0.600. The molecule has 0 radical (unpaired) electrons. The van der Waals surface area contributed by atoms with Gasteiger partial charge in [0, 0.05) is 6.04 Å².